The van der Waals surface area contributed by atoms with E-state index in [0.717, 1.165) is 51.9 Å². The van der Waals surface area contributed by atoms with Gasteiger partial charge in [0.2, 0.25) is 5.91 Å². The Morgan fingerprint density at radius 2 is 1.75 bits per heavy atom. The van der Waals surface area contributed by atoms with Crippen molar-refractivity contribution in [2.75, 3.05) is 26.2 Å². The van der Waals surface area contributed by atoms with Crippen LogP contribution in [0.15, 0.2) is 0 Å². The van der Waals surface area contributed by atoms with Gasteiger partial charge in [0.25, 0.3) is 0 Å². The Bertz CT molecular complexity index is 261. The lowest BCUT2D eigenvalue weighted by molar-refractivity contribution is -0.133. The van der Waals surface area contributed by atoms with Crippen LogP contribution in [0.1, 0.15) is 59.3 Å². The molecule has 1 saturated heterocycles. The lowest BCUT2D eigenvalue weighted by atomic mass is 10.2. The van der Waals surface area contributed by atoms with E-state index in [9.17, 15) is 4.79 Å². The molecule has 0 aromatic heterocycles. The van der Waals surface area contributed by atoms with Gasteiger partial charge in [-0.15, -0.1) is 0 Å². The first kappa shape index (κ1) is 17.4. The number of carbonyl (C=O) groups excluding carboxylic acids is 1. The Morgan fingerprint density at radius 1 is 1.10 bits per heavy atom. The maximum Gasteiger partial charge on any atom is 0.239 e. The van der Waals surface area contributed by atoms with Gasteiger partial charge in [0.05, 0.1) is 12.1 Å². The average Bonchev–Trinajstić information content (AvgIpc) is 2.70. The smallest absolute Gasteiger partial charge is 0.239 e. The largest absolute Gasteiger partial charge is 0.379 e. The van der Waals surface area contributed by atoms with Gasteiger partial charge in [-0.1, -0.05) is 12.8 Å². The molecule has 1 heterocycles. The first-order valence-electron chi connectivity index (χ1n) is 8.25. The van der Waals surface area contributed by atoms with Crippen molar-refractivity contribution in [1.29, 1.82) is 0 Å². The summed E-state index contributed by atoms with van der Waals surface area (Å²) < 4.78 is 5.50. The molecule has 0 radical (unpaired) electrons. The van der Waals surface area contributed by atoms with Gasteiger partial charge in [0.15, 0.2) is 0 Å². The predicted molar refractivity (Wildman–Crippen MR) is 82.8 cm³/mol. The van der Waals surface area contributed by atoms with E-state index in [4.69, 9.17) is 4.74 Å². The summed E-state index contributed by atoms with van der Waals surface area (Å²) in [5.41, 5.74) is 0. The molecule has 1 amide bonds. The van der Waals surface area contributed by atoms with E-state index < -0.39 is 0 Å². The summed E-state index contributed by atoms with van der Waals surface area (Å²) in [6, 6.07) is -0.0564. The zero-order valence-electron chi connectivity index (χ0n) is 13.5. The van der Waals surface area contributed by atoms with Crippen molar-refractivity contribution < 1.29 is 9.53 Å². The molecule has 0 aliphatic carbocycles. The zero-order chi connectivity index (χ0) is 14.8. The van der Waals surface area contributed by atoms with Gasteiger partial charge in [-0.2, -0.15) is 0 Å². The molecule has 0 spiro atoms. The fourth-order valence-electron chi connectivity index (χ4n) is 2.52. The van der Waals surface area contributed by atoms with Crippen molar-refractivity contribution in [1.82, 2.24) is 10.2 Å². The van der Waals surface area contributed by atoms with E-state index in [1.807, 2.05) is 11.8 Å². The minimum absolute atomic E-state index is 0.0564. The zero-order valence-corrected chi connectivity index (χ0v) is 13.5. The number of hydrogen-bond donors (Lipinski definition) is 1. The maximum atomic E-state index is 12.3. The van der Waals surface area contributed by atoms with Crippen LogP contribution in [0.25, 0.3) is 0 Å². The number of carbonyl (C=O) groups is 1. The SMILES string of the molecule is CC(C)OCCCCNC(C)C(=O)N1CCCCCC1. The molecular formula is C16H32N2O2. The van der Waals surface area contributed by atoms with Gasteiger partial charge in [-0.3, -0.25) is 4.79 Å². The summed E-state index contributed by atoms with van der Waals surface area (Å²) in [6.45, 7) is 9.67. The third-order valence-electron chi connectivity index (χ3n) is 3.76. The molecule has 20 heavy (non-hydrogen) atoms. The quantitative estimate of drug-likeness (QED) is 0.697. The van der Waals surface area contributed by atoms with Crippen LogP contribution in [-0.2, 0) is 9.53 Å². The molecule has 1 aliphatic rings. The summed E-state index contributed by atoms with van der Waals surface area (Å²) in [4.78, 5) is 14.3. The normalized spacial score (nSPS) is 18.1. The molecule has 0 saturated carbocycles. The number of likely N-dealkylation sites (tertiary alicyclic amines) is 1. The first-order chi connectivity index (χ1) is 9.61. The minimum Gasteiger partial charge on any atom is -0.379 e. The summed E-state index contributed by atoms with van der Waals surface area (Å²) in [5.74, 6) is 0.269. The number of rotatable bonds is 8. The van der Waals surface area contributed by atoms with Crippen molar-refractivity contribution in [3.63, 3.8) is 0 Å². The Morgan fingerprint density at radius 3 is 2.35 bits per heavy atom. The monoisotopic (exact) mass is 284 g/mol. The average molecular weight is 284 g/mol. The summed E-state index contributed by atoms with van der Waals surface area (Å²) in [6.07, 6.45) is 7.27. The second-order valence-electron chi connectivity index (χ2n) is 6.04. The molecular weight excluding hydrogens is 252 g/mol. The fourth-order valence-corrected chi connectivity index (χ4v) is 2.52. The highest BCUT2D eigenvalue weighted by Crippen LogP contribution is 2.10. The lowest BCUT2D eigenvalue weighted by Gasteiger charge is -2.24. The second-order valence-corrected chi connectivity index (χ2v) is 6.04. The Balaban J connectivity index is 2.11. The molecule has 4 heteroatoms. The maximum absolute atomic E-state index is 12.3. The lowest BCUT2D eigenvalue weighted by Crippen LogP contribution is -2.45. The fraction of sp³-hybridized carbons (Fsp3) is 0.938. The van der Waals surface area contributed by atoms with E-state index in [0.29, 0.717) is 6.10 Å². The van der Waals surface area contributed by atoms with E-state index >= 15 is 0 Å². The molecule has 1 unspecified atom stereocenters. The van der Waals surface area contributed by atoms with E-state index in [1.165, 1.54) is 12.8 Å². The van der Waals surface area contributed by atoms with Gasteiger partial charge < -0.3 is 15.0 Å². The van der Waals surface area contributed by atoms with E-state index in [-0.39, 0.29) is 11.9 Å². The van der Waals surface area contributed by atoms with Crippen LogP contribution in [0.2, 0.25) is 0 Å². The van der Waals surface area contributed by atoms with Gasteiger partial charge in [-0.05, 0) is 53.0 Å². The molecule has 0 bridgehead atoms. The molecule has 0 aromatic rings. The number of nitrogens with one attached hydrogen (secondary N) is 1. The number of nitrogens with zero attached hydrogens (tertiary/aromatic N) is 1. The van der Waals surface area contributed by atoms with Gasteiger partial charge in [-0.25, -0.2) is 0 Å². The van der Waals surface area contributed by atoms with Gasteiger partial charge in [0.1, 0.15) is 0 Å². The van der Waals surface area contributed by atoms with Crippen LogP contribution >= 0.6 is 0 Å². The third-order valence-corrected chi connectivity index (χ3v) is 3.76. The minimum atomic E-state index is -0.0564. The Hall–Kier alpha value is -0.610. The number of hydrogen-bond acceptors (Lipinski definition) is 3. The van der Waals surface area contributed by atoms with Gasteiger partial charge in [0, 0.05) is 19.7 Å². The number of amides is 1. The highest BCUT2D eigenvalue weighted by molar-refractivity contribution is 5.81. The van der Waals surface area contributed by atoms with Crippen LogP contribution < -0.4 is 5.32 Å². The second kappa shape index (κ2) is 10.2. The summed E-state index contributed by atoms with van der Waals surface area (Å²) >= 11 is 0. The molecule has 118 valence electrons. The van der Waals surface area contributed by atoms with E-state index in [2.05, 4.69) is 19.2 Å². The standard InChI is InChI=1S/C16H32N2O2/c1-14(2)20-13-9-6-10-17-15(3)16(19)18-11-7-4-5-8-12-18/h14-15,17H,4-13H2,1-3H3. The summed E-state index contributed by atoms with van der Waals surface area (Å²) in [5, 5.41) is 3.34. The van der Waals surface area contributed by atoms with Crippen LogP contribution in [0, 0.1) is 0 Å². The molecule has 4 nitrogen and oxygen atoms in total. The van der Waals surface area contributed by atoms with E-state index in [1.54, 1.807) is 0 Å². The molecule has 1 atom stereocenters. The van der Waals surface area contributed by atoms with Crippen LogP contribution in [-0.4, -0.2) is 49.2 Å². The summed E-state index contributed by atoms with van der Waals surface area (Å²) in [7, 11) is 0. The van der Waals surface area contributed by atoms with Crippen LogP contribution in [0.4, 0.5) is 0 Å². The highest BCUT2D eigenvalue weighted by Gasteiger charge is 2.20. The predicted octanol–water partition coefficient (Wildman–Crippen LogP) is 2.57. The first-order valence-corrected chi connectivity index (χ1v) is 8.25. The highest BCUT2D eigenvalue weighted by atomic mass is 16.5. The van der Waals surface area contributed by atoms with Gasteiger partial charge >= 0.3 is 0 Å². The molecule has 1 rings (SSSR count). The van der Waals surface area contributed by atoms with Crippen molar-refractivity contribution in [2.45, 2.75) is 71.4 Å². The number of ether oxygens (including phenoxy) is 1. The number of unbranched alkanes of at least 4 members (excludes halogenated alkanes) is 1. The van der Waals surface area contributed by atoms with Crippen molar-refractivity contribution >= 4 is 5.91 Å². The molecule has 1 fully saturated rings. The topological polar surface area (TPSA) is 41.6 Å². The van der Waals surface area contributed by atoms with Crippen molar-refractivity contribution in [3.05, 3.63) is 0 Å². The molecule has 0 aromatic carbocycles. The van der Waals surface area contributed by atoms with Crippen LogP contribution in [0.3, 0.4) is 0 Å². The third kappa shape index (κ3) is 7.25. The van der Waals surface area contributed by atoms with Crippen molar-refractivity contribution in [2.24, 2.45) is 0 Å². The Labute approximate surface area is 124 Å². The van der Waals surface area contributed by atoms with Crippen molar-refractivity contribution in [3.8, 4) is 0 Å². The van der Waals surface area contributed by atoms with Crippen LogP contribution in [0.5, 0.6) is 0 Å². The molecule has 1 N–H and O–H groups in total. The molecule has 1 aliphatic heterocycles. The Kier molecular flexibility index (Phi) is 8.86.